The molecule has 0 radical (unpaired) electrons. The van der Waals surface area contributed by atoms with Crippen molar-refractivity contribution in [2.45, 2.75) is 38.1 Å². The molecule has 1 aromatic rings. The highest BCUT2D eigenvalue weighted by Gasteiger charge is 2.19. The molecule has 18 heavy (non-hydrogen) atoms. The van der Waals surface area contributed by atoms with Crippen molar-refractivity contribution in [1.29, 1.82) is 0 Å². The smallest absolute Gasteiger partial charge is 0.162 e. The van der Waals surface area contributed by atoms with Crippen LogP contribution in [0.1, 0.15) is 42.5 Å². The van der Waals surface area contributed by atoms with Crippen LogP contribution in [-0.2, 0) is 0 Å². The third-order valence-electron chi connectivity index (χ3n) is 3.79. The van der Waals surface area contributed by atoms with Crippen molar-refractivity contribution in [3.63, 3.8) is 0 Å². The van der Waals surface area contributed by atoms with Crippen molar-refractivity contribution in [2.24, 2.45) is 0 Å². The second-order valence-electron chi connectivity index (χ2n) is 5.10. The van der Waals surface area contributed by atoms with Crippen LogP contribution in [0.25, 0.3) is 0 Å². The summed E-state index contributed by atoms with van der Waals surface area (Å²) in [6.07, 6.45) is 5.18. The van der Waals surface area contributed by atoms with Crippen molar-refractivity contribution in [3.05, 3.63) is 35.6 Å². The van der Waals surface area contributed by atoms with Gasteiger partial charge in [-0.15, -0.1) is 0 Å². The first kappa shape index (κ1) is 13.2. The number of rotatable bonds is 4. The molecule has 98 valence electrons. The zero-order valence-electron chi connectivity index (χ0n) is 10.9. The summed E-state index contributed by atoms with van der Waals surface area (Å²) in [5.74, 6) is -0.174. The first-order valence-electron chi connectivity index (χ1n) is 6.66. The summed E-state index contributed by atoms with van der Waals surface area (Å²) < 4.78 is 12.8. The van der Waals surface area contributed by atoms with E-state index >= 15 is 0 Å². The number of likely N-dealkylation sites (tertiary alicyclic amines) is 1. The van der Waals surface area contributed by atoms with Gasteiger partial charge in [0.2, 0.25) is 0 Å². The molecule has 0 aromatic heterocycles. The standard InChI is InChI=1S/C15H20FNO/c1-17-11-3-2-4-14(17)9-10-15(18)12-5-7-13(16)8-6-12/h5-8,14H,2-4,9-11H2,1H3. The van der Waals surface area contributed by atoms with Gasteiger partial charge >= 0.3 is 0 Å². The Bertz CT molecular complexity index is 401. The number of halogens is 1. The van der Waals surface area contributed by atoms with Crippen LogP contribution < -0.4 is 0 Å². The van der Waals surface area contributed by atoms with E-state index in [4.69, 9.17) is 0 Å². The molecule has 1 aromatic carbocycles. The summed E-state index contributed by atoms with van der Waals surface area (Å²) in [7, 11) is 2.13. The maximum absolute atomic E-state index is 12.8. The molecule has 1 heterocycles. The highest BCUT2D eigenvalue weighted by atomic mass is 19.1. The fourth-order valence-electron chi connectivity index (χ4n) is 2.59. The van der Waals surface area contributed by atoms with Gasteiger partial charge in [0.05, 0.1) is 0 Å². The van der Waals surface area contributed by atoms with Crippen molar-refractivity contribution >= 4 is 5.78 Å². The van der Waals surface area contributed by atoms with Gasteiger partial charge in [-0.05, 0) is 57.1 Å². The van der Waals surface area contributed by atoms with Gasteiger partial charge in [0.25, 0.3) is 0 Å². The maximum atomic E-state index is 12.8. The Hall–Kier alpha value is -1.22. The fourth-order valence-corrected chi connectivity index (χ4v) is 2.59. The minimum atomic E-state index is -0.293. The molecule has 1 aliphatic rings. The zero-order chi connectivity index (χ0) is 13.0. The molecule has 1 fully saturated rings. The second kappa shape index (κ2) is 6.10. The summed E-state index contributed by atoms with van der Waals surface area (Å²) >= 11 is 0. The lowest BCUT2D eigenvalue weighted by molar-refractivity contribution is 0.0954. The number of carbonyl (C=O) groups excluding carboxylic acids is 1. The number of Topliss-reactive ketones (excluding diaryl/α,β-unsaturated/α-hetero) is 1. The van der Waals surface area contributed by atoms with Crippen molar-refractivity contribution in [1.82, 2.24) is 4.90 Å². The molecule has 2 nitrogen and oxygen atoms in total. The second-order valence-corrected chi connectivity index (χ2v) is 5.10. The van der Waals surface area contributed by atoms with Crippen LogP contribution in [-0.4, -0.2) is 30.3 Å². The van der Waals surface area contributed by atoms with Crippen LogP contribution in [0.15, 0.2) is 24.3 Å². The van der Waals surface area contributed by atoms with Gasteiger partial charge in [0, 0.05) is 18.0 Å². The van der Waals surface area contributed by atoms with Crippen molar-refractivity contribution in [2.75, 3.05) is 13.6 Å². The maximum Gasteiger partial charge on any atom is 0.162 e. The first-order valence-corrected chi connectivity index (χ1v) is 6.66. The number of nitrogens with zero attached hydrogens (tertiary/aromatic N) is 1. The van der Waals surface area contributed by atoms with Crippen LogP contribution in [0, 0.1) is 5.82 Å². The fraction of sp³-hybridized carbons (Fsp3) is 0.533. The number of ketones is 1. The van der Waals surface area contributed by atoms with Gasteiger partial charge in [-0.25, -0.2) is 4.39 Å². The van der Waals surface area contributed by atoms with Crippen LogP contribution in [0.4, 0.5) is 4.39 Å². The Morgan fingerprint density at radius 3 is 2.72 bits per heavy atom. The average molecular weight is 249 g/mol. The molecule has 1 unspecified atom stereocenters. The minimum Gasteiger partial charge on any atom is -0.303 e. The minimum absolute atomic E-state index is 0.119. The van der Waals surface area contributed by atoms with E-state index in [0.717, 1.165) is 13.0 Å². The average Bonchev–Trinajstić information content (AvgIpc) is 2.38. The highest BCUT2D eigenvalue weighted by molar-refractivity contribution is 5.95. The molecule has 0 N–H and O–H groups in total. The number of hydrogen-bond donors (Lipinski definition) is 0. The SMILES string of the molecule is CN1CCCCC1CCC(=O)c1ccc(F)cc1. The van der Waals surface area contributed by atoms with Gasteiger partial charge in [0.1, 0.15) is 5.82 Å². The van der Waals surface area contributed by atoms with E-state index in [9.17, 15) is 9.18 Å². The van der Waals surface area contributed by atoms with Crippen molar-refractivity contribution in [3.8, 4) is 0 Å². The van der Waals surface area contributed by atoms with Crippen LogP contribution in [0.2, 0.25) is 0 Å². The number of hydrogen-bond acceptors (Lipinski definition) is 2. The Labute approximate surface area is 108 Å². The Balaban J connectivity index is 1.86. The van der Waals surface area contributed by atoms with Gasteiger partial charge < -0.3 is 4.90 Å². The monoisotopic (exact) mass is 249 g/mol. The Kier molecular flexibility index (Phi) is 4.48. The van der Waals surface area contributed by atoms with Gasteiger partial charge in [-0.2, -0.15) is 0 Å². The van der Waals surface area contributed by atoms with Crippen molar-refractivity contribution < 1.29 is 9.18 Å². The summed E-state index contributed by atoms with van der Waals surface area (Å²) in [6, 6.07) is 6.37. The van der Waals surface area contributed by atoms with E-state index in [1.54, 1.807) is 12.1 Å². The molecular formula is C15H20FNO. The molecule has 0 aliphatic carbocycles. The van der Waals surface area contributed by atoms with Gasteiger partial charge in [0.15, 0.2) is 5.78 Å². The van der Waals surface area contributed by atoms with E-state index in [1.807, 2.05) is 0 Å². The van der Waals surface area contributed by atoms with Crippen LogP contribution in [0.3, 0.4) is 0 Å². The molecular weight excluding hydrogens is 229 g/mol. The third-order valence-corrected chi connectivity index (χ3v) is 3.79. The first-order chi connectivity index (χ1) is 8.66. The molecule has 1 atom stereocenters. The lowest BCUT2D eigenvalue weighted by Crippen LogP contribution is -2.36. The van der Waals surface area contributed by atoms with Crippen LogP contribution >= 0.6 is 0 Å². The van der Waals surface area contributed by atoms with Crippen LogP contribution in [0.5, 0.6) is 0 Å². The number of piperidine rings is 1. The molecule has 2 rings (SSSR count). The summed E-state index contributed by atoms with van der Waals surface area (Å²) in [6.45, 7) is 1.13. The molecule has 1 saturated heterocycles. The largest absolute Gasteiger partial charge is 0.303 e. The molecule has 0 spiro atoms. The lowest BCUT2D eigenvalue weighted by Gasteiger charge is -2.32. The van der Waals surface area contributed by atoms with E-state index in [0.29, 0.717) is 18.0 Å². The quantitative estimate of drug-likeness (QED) is 0.763. The Morgan fingerprint density at radius 2 is 2.06 bits per heavy atom. The van der Waals surface area contributed by atoms with E-state index in [2.05, 4.69) is 11.9 Å². The van der Waals surface area contributed by atoms with E-state index in [-0.39, 0.29) is 11.6 Å². The molecule has 1 aliphatic heterocycles. The topological polar surface area (TPSA) is 20.3 Å². The van der Waals surface area contributed by atoms with Gasteiger partial charge in [-0.3, -0.25) is 4.79 Å². The highest BCUT2D eigenvalue weighted by Crippen LogP contribution is 2.20. The third kappa shape index (κ3) is 3.39. The molecule has 0 bridgehead atoms. The van der Waals surface area contributed by atoms with Gasteiger partial charge in [-0.1, -0.05) is 6.42 Å². The summed E-state index contributed by atoms with van der Waals surface area (Å²) in [5.41, 5.74) is 0.620. The molecule has 0 saturated carbocycles. The Morgan fingerprint density at radius 1 is 1.33 bits per heavy atom. The normalized spacial score (nSPS) is 20.9. The number of carbonyl (C=O) groups is 1. The predicted molar refractivity (Wildman–Crippen MR) is 70.2 cm³/mol. The lowest BCUT2D eigenvalue weighted by atomic mass is 9.96. The number of benzene rings is 1. The zero-order valence-corrected chi connectivity index (χ0v) is 10.9. The summed E-state index contributed by atoms with van der Waals surface area (Å²) in [5, 5.41) is 0. The van der Waals surface area contributed by atoms with E-state index in [1.165, 1.54) is 31.4 Å². The van der Waals surface area contributed by atoms with E-state index < -0.39 is 0 Å². The predicted octanol–water partition coefficient (Wildman–Crippen LogP) is 3.27. The molecule has 0 amide bonds. The summed E-state index contributed by atoms with van der Waals surface area (Å²) in [4.78, 5) is 14.3. The molecule has 3 heteroatoms.